The van der Waals surface area contributed by atoms with Crippen LogP contribution < -0.4 is 5.32 Å². The standard InChI is InChI=1S/C20H14ClN3O/c21-16-8-10-18(11-9-16)24-12-4-7-19(24)13-15(14-22)20(25)23-17-5-2-1-3-6-17/h1-13H,(H,23,25)/b15-13+. The predicted octanol–water partition coefficient (Wildman–Crippen LogP) is 4.68. The highest BCUT2D eigenvalue weighted by molar-refractivity contribution is 6.30. The van der Waals surface area contributed by atoms with E-state index in [0.29, 0.717) is 10.7 Å². The van der Waals surface area contributed by atoms with Crippen LogP contribution in [0.2, 0.25) is 5.02 Å². The van der Waals surface area contributed by atoms with Crippen LogP contribution in [0, 0.1) is 11.3 Å². The highest BCUT2D eigenvalue weighted by Gasteiger charge is 2.11. The van der Waals surface area contributed by atoms with Gasteiger partial charge in [0.1, 0.15) is 11.6 Å². The minimum absolute atomic E-state index is 0.0257. The number of nitriles is 1. The van der Waals surface area contributed by atoms with Crippen LogP contribution in [0.25, 0.3) is 11.8 Å². The monoisotopic (exact) mass is 347 g/mol. The maximum atomic E-state index is 12.3. The molecule has 3 rings (SSSR count). The molecule has 2 aromatic carbocycles. The molecule has 0 aliphatic rings. The van der Waals surface area contributed by atoms with Crippen LogP contribution in [0.1, 0.15) is 5.69 Å². The van der Waals surface area contributed by atoms with Crippen molar-refractivity contribution in [1.82, 2.24) is 4.57 Å². The molecule has 0 atom stereocenters. The Morgan fingerprint density at radius 2 is 1.76 bits per heavy atom. The number of aromatic nitrogens is 1. The van der Waals surface area contributed by atoms with Gasteiger partial charge in [-0.3, -0.25) is 4.79 Å². The molecule has 0 aliphatic heterocycles. The van der Waals surface area contributed by atoms with Crippen molar-refractivity contribution in [2.75, 3.05) is 5.32 Å². The van der Waals surface area contributed by atoms with E-state index in [0.717, 1.165) is 11.4 Å². The highest BCUT2D eigenvalue weighted by Crippen LogP contribution is 2.18. The highest BCUT2D eigenvalue weighted by atomic mass is 35.5. The number of rotatable bonds is 4. The Labute approximate surface area is 150 Å². The topological polar surface area (TPSA) is 57.8 Å². The first-order valence-electron chi connectivity index (χ1n) is 7.59. The van der Waals surface area contributed by atoms with Crippen LogP contribution in [-0.2, 0) is 4.79 Å². The first-order valence-corrected chi connectivity index (χ1v) is 7.96. The van der Waals surface area contributed by atoms with Crippen molar-refractivity contribution in [2.45, 2.75) is 0 Å². The molecule has 0 saturated carbocycles. The number of anilines is 1. The second-order valence-corrected chi connectivity index (χ2v) is 5.71. The minimum Gasteiger partial charge on any atom is -0.321 e. The van der Waals surface area contributed by atoms with Gasteiger partial charge in [-0.2, -0.15) is 5.26 Å². The van der Waals surface area contributed by atoms with E-state index in [9.17, 15) is 10.1 Å². The molecular weight excluding hydrogens is 334 g/mol. The maximum Gasteiger partial charge on any atom is 0.266 e. The SMILES string of the molecule is N#C/C(=C\c1cccn1-c1ccc(Cl)cc1)C(=O)Nc1ccccc1. The van der Waals surface area contributed by atoms with Gasteiger partial charge in [-0.05, 0) is 54.6 Å². The molecule has 1 N–H and O–H groups in total. The molecule has 1 amide bonds. The summed E-state index contributed by atoms with van der Waals surface area (Å²) < 4.78 is 1.88. The average Bonchev–Trinajstić information content (AvgIpc) is 3.09. The summed E-state index contributed by atoms with van der Waals surface area (Å²) in [6, 6.07) is 22.0. The Bertz CT molecular complexity index is 951. The van der Waals surface area contributed by atoms with Gasteiger partial charge < -0.3 is 9.88 Å². The zero-order valence-corrected chi connectivity index (χ0v) is 13.9. The smallest absolute Gasteiger partial charge is 0.266 e. The normalized spacial score (nSPS) is 11.0. The number of halogens is 1. The Kier molecular flexibility index (Phi) is 4.98. The number of nitrogens with one attached hydrogen (secondary N) is 1. The number of benzene rings is 2. The minimum atomic E-state index is -0.447. The Hall–Kier alpha value is -3.29. The van der Waals surface area contributed by atoms with Gasteiger partial charge in [0.25, 0.3) is 5.91 Å². The lowest BCUT2D eigenvalue weighted by Crippen LogP contribution is -2.13. The van der Waals surface area contributed by atoms with E-state index in [4.69, 9.17) is 11.6 Å². The summed E-state index contributed by atoms with van der Waals surface area (Å²) in [6.45, 7) is 0. The van der Waals surface area contributed by atoms with Gasteiger partial charge in [-0.15, -0.1) is 0 Å². The molecule has 0 fully saturated rings. The molecule has 0 unspecified atom stereocenters. The summed E-state index contributed by atoms with van der Waals surface area (Å²) in [5.41, 5.74) is 2.28. The lowest BCUT2D eigenvalue weighted by Gasteiger charge is -2.08. The molecule has 4 nitrogen and oxygen atoms in total. The fourth-order valence-corrected chi connectivity index (χ4v) is 2.49. The summed E-state index contributed by atoms with van der Waals surface area (Å²) >= 11 is 5.92. The summed E-state index contributed by atoms with van der Waals surface area (Å²) in [6.07, 6.45) is 3.42. The molecule has 5 heteroatoms. The molecular formula is C20H14ClN3O. The molecule has 0 bridgehead atoms. The van der Waals surface area contributed by atoms with Crippen molar-refractivity contribution in [3.05, 3.63) is 89.2 Å². The molecule has 3 aromatic rings. The second-order valence-electron chi connectivity index (χ2n) is 5.27. The predicted molar refractivity (Wildman–Crippen MR) is 99.4 cm³/mol. The average molecular weight is 348 g/mol. The number of hydrogen-bond donors (Lipinski definition) is 1. The lowest BCUT2D eigenvalue weighted by atomic mass is 10.2. The van der Waals surface area contributed by atoms with Crippen LogP contribution in [0.4, 0.5) is 5.69 Å². The van der Waals surface area contributed by atoms with Crippen LogP contribution in [0.3, 0.4) is 0 Å². The number of amides is 1. The molecule has 1 heterocycles. The van der Waals surface area contributed by atoms with Crippen molar-refractivity contribution >= 4 is 29.3 Å². The van der Waals surface area contributed by atoms with Crippen molar-refractivity contribution in [3.8, 4) is 11.8 Å². The third-order valence-corrected chi connectivity index (χ3v) is 3.83. The largest absolute Gasteiger partial charge is 0.321 e. The van der Waals surface area contributed by atoms with Gasteiger partial charge in [0.05, 0.1) is 0 Å². The molecule has 0 radical (unpaired) electrons. The molecule has 0 spiro atoms. The zero-order valence-electron chi connectivity index (χ0n) is 13.2. The van der Waals surface area contributed by atoms with E-state index in [2.05, 4.69) is 5.32 Å². The summed E-state index contributed by atoms with van der Waals surface area (Å²) in [7, 11) is 0. The van der Waals surface area contributed by atoms with E-state index in [1.54, 1.807) is 30.3 Å². The fraction of sp³-hybridized carbons (Fsp3) is 0. The summed E-state index contributed by atoms with van der Waals surface area (Å²) in [5.74, 6) is -0.447. The quantitative estimate of drug-likeness (QED) is 0.550. The van der Waals surface area contributed by atoms with Crippen LogP contribution in [-0.4, -0.2) is 10.5 Å². The Balaban J connectivity index is 1.88. The zero-order chi connectivity index (χ0) is 17.6. The van der Waals surface area contributed by atoms with E-state index in [1.807, 2.05) is 59.3 Å². The van der Waals surface area contributed by atoms with Gasteiger partial charge in [-0.25, -0.2) is 0 Å². The molecule has 25 heavy (non-hydrogen) atoms. The Morgan fingerprint density at radius 3 is 2.44 bits per heavy atom. The van der Waals surface area contributed by atoms with Crippen molar-refractivity contribution in [2.24, 2.45) is 0 Å². The van der Waals surface area contributed by atoms with Crippen molar-refractivity contribution < 1.29 is 4.79 Å². The van der Waals surface area contributed by atoms with Gasteiger partial charge >= 0.3 is 0 Å². The van der Waals surface area contributed by atoms with Crippen molar-refractivity contribution in [1.29, 1.82) is 5.26 Å². The van der Waals surface area contributed by atoms with Gasteiger partial charge in [-0.1, -0.05) is 29.8 Å². The number of nitrogens with zero attached hydrogens (tertiary/aromatic N) is 2. The third kappa shape index (κ3) is 3.97. The first-order chi connectivity index (χ1) is 12.2. The molecule has 1 aromatic heterocycles. The fourth-order valence-electron chi connectivity index (χ4n) is 2.36. The number of para-hydroxylation sites is 1. The van der Waals surface area contributed by atoms with E-state index >= 15 is 0 Å². The van der Waals surface area contributed by atoms with Crippen LogP contribution in [0.5, 0.6) is 0 Å². The molecule has 0 saturated heterocycles. The van der Waals surface area contributed by atoms with Gasteiger partial charge in [0.2, 0.25) is 0 Å². The lowest BCUT2D eigenvalue weighted by molar-refractivity contribution is -0.112. The Morgan fingerprint density at radius 1 is 1.04 bits per heavy atom. The van der Waals surface area contributed by atoms with Gasteiger partial charge in [0, 0.05) is 28.3 Å². The first kappa shape index (κ1) is 16.6. The van der Waals surface area contributed by atoms with Crippen molar-refractivity contribution in [3.63, 3.8) is 0 Å². The van der Waals surface area contributed by atoms with Crippen LogP contribution in [0.15, 0.2) is 78.5 Å². The van der Waals surface area contributed by atoms with E-state index in [1.165, 1.54) is 0 Å². The van der Waals surface area contributed by atoms with Crippen LogP contribution >= 0.6 is 11.6 Å². The number of hydrogen-bond acceptors (Lipinski definition) is 2. The molecule has 0 aliphatic carbocycles. The van der Waals surface area contributed by atoms with Gasteiger partial charge in [0.15, 0.2) is 0 Å². The van der Waals surface area contributed by atoms with E-state index in [-0.39, 0.29) is 5.57 Å². The summed E-state index contributed by atoms with van der Waals surface area (Å²) in [4.78, 5) is 12.3. The number of carbonyl (C=O) groups excluding carboxylic acids is 1. The maximum absolute atomic E-state index is 12.3. The van der Waals surface area contributed by atoms with E-state index < -0.39 is 5.91 Å². The molecule has 122 valence electrons. The second kappa shape index (κ2) is 7.52. The summed E-state index contributed by atoms with van der Waals surface area (Å²) in [5, 5.41) is 12.7. The third-order valence-electron chi connectivity index (χ3n) is 3.57. The number of carbonyl (C=O) groups is 1.